The second-order valence-electron chi connectivity index (χ2n) is 4.43. The molecular formula is C12H14N2O3. The minimum Gasteiger partial charge on any atom is -0.478 e. The van der Waals surface area contributed by atoms with Crippen molar-refractivity contribution < 1.29 is 14.7 Å². The highest BCUT2D eigenvalue weighted by atomic mass is 16.4. The van der Waals surface area contributed by atoms with Gasteiger partial charge in [-0.05, 0) is 31.4 Å². The van der Waals surface area contributed by atoms with E-state index in [1.807, 2.05) is 0 Å². The molecule has 0 aliphatic heterocycles. The predicted octanol–water partition coefficient (Wildman–Crippen LogP) is 1.23. The van der Waals surface area contributed by atoms with E-state index < -0.39 is 5.97 Å². The molecule has 5 heteroatoms. The lowest BCUT2D eigenvalue weighted by atomic mass is 10.2. The maximum Gasteiger partial charge on any atom is 0.337 e. The summed E-state index contributed by atoms with van der Waals surface area (Å²) in [6.07, 6.45) is 0.998. The van der Waals surface area contributed by atoms with E-state index in [0.29, 0.717) is 11.6 Å². The lowest BCUT2D eigenvalue weighted by Gasteiger charge is -2.05. The van der Waals surface area contributed by atoms with E-state index in [0.717, 1.165) is 6.42 Å². The molecule has 1 aromatic heterocycles. The molecule has 2 rings (SSSR count). The Bertz CT molecular complexity index is 485. The van der Waals surface area contributed by atoms with Crippen LogP contribution in [0.1, 0.15) is 39.9 Å². The third-order valence-corrected chi connectivity index (χ3v) is 2.97. The summed E-state index contributed by atoms with van der Waals surface area (Å²) in [6, 6.07) is 3.10. The van der Waals surface area contributed by atoms with Crippen molar-refractivity contribution in [1.82, 2.24) is 10.3 Å². The van der Waals surface area contributed by atoms with Gasteiger partial charge in [-0.3, -0.25) is 4.79 Å². The van der Waals surface area contributed by atoms with E-state index in [9.17, 15) is 9.59 Å². The first-order valence-electron chi connectivity index (χ1n) is 5.51. The van der Waals surface area contributed by atoms with Gasteiger partial charge < -0.3 is 10.4 Å². The molecule has 2 atom stereocenters. The van der Waals surface area contributed by atoms with Crippen molar-refractivity contribution in [3.63, 3.8) is 0 Å². The largest absolute Gasteiger partial charge is 0.478 e. The van der Waals surface area contributed by atoms with E-state index in [1.54, 1.807) is 6.92 Å². The number of carboxylic acids is 1. The van der Waals surface area contributed by atoms with Crippen molar-refractivity contribution in [1.29, 1.82) is 0 Å². The number of nitrogens with zero attached hydrogens (tertiary/aromatic N) is 1. The Labute approximate surface area is 98.9 Å². The molecule has 0 bridgehead atoms. The molecule has 5 nitrogen and oxygen atoms in total. The number of carbonyl (C=O) groups is 2. The molecule has 1 amide bonds. The average molecular weight is 234 g/mol. The van der Waals surface area contributed by atoms with Crippen molar-refractivity contribution in [3.05, 3.63) is 29.1 Å². The summed E-state index contributed by atoms with van der Waals surface area (Å²) in [6.45, 7) is 3.65. The van der Waals surface area contributed by atoms with Crippen molar-refractivity contribution in [2.75, 3.05) is 0 Å². The van der Waals surface area contributed by atoms with Crippen LogP contribution in [-0.4, -0.2) is 28.0 Å². The quantitative estimate of drug-likeness (QED) is 0.824. The molecule has 2 unspecified atom stereocenters. The highest BCUT2D eigenvalue weighted by molar-refractivity contribution is 5.94. The summed E-state index contributed by atoms with van der Waals surface area (Å²) in [5.41, 5.74) is 0.752. The summed E-state index contributed by atoms with van der Waals surface area (Å²) in [4.78, 5) is 26.6. The van der Waals surface area contributed by atoms with Gasteiger partial charge in [0.2, 0.25) is 0 Å². The molecule has 1 fully saturated rings. The maximum absolute atomic E-state index is 11.8. The number of nitrogens with one attached hydrogen (secondary N) is 1. The van der Waals surface area contributed by atoms with E-state index >= 15 is 0 Å². The number of aromatic nitrogens is 1. The second kappa shape index (κ2) is 4.16. The Kier molecular flexibility index (Phi) is 2.83. The van der Waals surface area contributed by atoms with Crippen molar-refractivity contribution in [2.24, 2.45) is 5.92 Å². The van der Waals surface area contributed by atoms with Crippen LogP contribution >= 0.6 is 0 Å². The molecule has 17 heavy (non-hydrogen) atoms. The molecule has 2 N–H and O–H groups in total. The number of aromatic carboxylic acids is 1. The van der Waals surface area contributed by atoms with Gasteiger partial charge in [0.1, 0.15) is 5.69 Å². The summed E-state index contributed by atoms with van der Waals surface area (Å²) < 4.78 is 0. The molecule has 1 aromatic rings. The summed E-state index contributed by atoms with van der Waals surface area (Å²) >= 11 is 0. The molecule has 1 saturated carbocycles. The third kappa shape index (κ3) is 2.43. The summed E-state index contributed by atoms with van der Waals surface area (Å²) in [5, 5.41) is 11.7. The summed E-state index contributed by atoms with van der Waals surface area (Å²) in [7, 11) is 0. The normalized spacial score (nSPS) is 22.0. The Morgan fingerprint density at radius 3 is 2.59 bits per heavy atom. The van der Waals surface area contributed by atoms with Crippen molar-refractivity contribution in [3.8, 4) is 0 Å². The first-order chi connectivity index (χ1) is 7.99. The van der Waals surface area contributed by atoms with Gasteiger partial charge in [-0.1, -0.05) is 6.92 Å². The predicted molar refractivity (Wildman–Crippen MR) is 61.0 cm³/mol. The minimum atomic E-state index is -1.03. The van der Waals surface area contributed by atoms with E-state index in [1.165, 1.54) is 12.1 Å². The number of pyridine rings is 1. The lowest BCUT2D eigenvalue weighted by molar-refractivity contribution is 0.0694. The SMILES string of the molecule is Cc1nc(C(=O)NC2CC2C)ccc1C(=O)O. The fourth-order valence-corrected chi connectivity index (χ4v) is 1.68. The number of carbonyl (C=O) groups excluding carboxylic acids is 1. The highest BCUT2D eigenvalue weighted by Crippen LogP contribution is 2.29. The average Bonchev–Trinajstić information content (AvgIpc) is 2.93. The van der Waals surface area contributed by atoms with Crippen molar-refractivity contribution in [2.45, 2.75) is 26.3 Å². The molecular weight excluding hydrogens is 220 g/mol. The van der Waals surface area contributed by atoms with Gasteiger partial charge in [0.05, 0.1) is 11.3 Å². The van der Waals surface area contributed by atoms with Crippen LogP contribution in [0.2, 0.25) is 0 Å². The Hall–Kier alpha value is -1.91. The molecule has 0 radical (unpaired) electrons. The number of rotatable bonds is 3. The molecule has 1 aliphatic carbocycles. The molecule has 1 heterocycles. The molecule has 90 valence electrons. The zero-order valence-electron chi connectivity index (χ0n) is 9.73. The van der Waals surface area contributed by atoms with Crippen molar-refractivity contribution >= 4 is 11.9 Å². The van der Waals surface area contributed by atoms with Gasteiger partial charge in [0.15, 0.2) is 0 Å². The lowest BCUT2D eigenvalue weighted by Crippen LogP contribution is -2.27. The van der Waals surface area contributed by atoms with Crippen LogP contribution in [0.15, 0.2) is 12.1 Å². The zero-order valence-corrected chi connectivity index (χ0v) is 9.73. The first kappa shape index (κ1) is 11.6. The van der Waals surface area contributed by atoms with Crippen LogP contribution < -0.4 is 5.32 Å². The van der Waals surface area contributed by atoms with Crippen LogP contribution in [0, 0.1) is 12.8 Å². The standard InChI is InChI=1S/C12H14N2O3/c1-6-5-10(6)14-11(15)9-4-3-8(12(16)17)7(2)13-9/h3-4,6,10H,5H2,1-2H3,(H,14,15)(H,16,17). The Morgan fingerprint density at radius 2 is 2.12 bits per heavy atom. The van der Waals surface area contributed by atoms with Gasteiger partial charge >= 0.3 is 5.97 Å². The van der Waals surface area contributed by atoms with Gasteiger partial charge in [-0.25, -0.2) is 9.78 Å². The Balaban J connectivity index is 2.13. The van der Waals surface area contributed by atoms with Crippen LogP contribution in [-0.2, 0) is 0 Å². The summed E-state index contributed by atoms with van der Waals surface area (Å²) in [5.74, 6) is -0.740. The number of carboxylic acid groups (broad SMARTS) is 1. The van der Waals surface area contributed by atoms with Gasteiger partial charge in [-0.2, -0.15) is 0 Å². The van der Waals surface area contributed by atoms with E-state index in [-0.39, 0.29) is 23.2 Å². The second-order valence-corrected chi connectivity index (χ2v) is 4.43. The third-order valence-electron chi connectivity index (χ3n) is 2.97. The first-order valence-corrected chi connectivity index (χ1v) is 5.51. The van der Waals surface area contributed by atoms with Gasteiger partial charge in [-0.15, -0.1) is 0 Å². The van der Waals surface area contributed by atoms with E-state index in [2.05, 4.69) is 17.2 Å². The molecule has 1 aliphatic rings. The number of hydrogen-bond acceptors (Lipinski definition) is 3. The van der Waals surface area contributed by atoms with Crippen LogP contribution in [0.4, 0.5) is 0 Å². The van der Waals surface area contributed by atoms with Gasteiger partial charge in [0.25, 0.3) is 5.91 Å². The molecule has 0 spiro atoms. The smallest absolute Gasteiger partial charge is 0.337 e. The fraction of sp³-hybridized carbons (Fsp3) is 0.417. The highest BCUT2D eigenvalue weighted by Gasteiger charge is 2.34. The van der Waals surface area contributed by atoms with Crippen LogP contribution in [0.5, 0.6) is 0 Å². The topological polar surface area (TPSA) is 79.3 Å². The van der Waals surface area contributed by atoms with Crippen LogP contribution in [0.3, 0.4) is 0 Å². The Morgan fingerprint density at radius 1 is 1.47 bits per heavy atom. The number of aryl methyl sites for hydroxylation is 1. The van der Waals surface area contributed by atoms with Gasteiger partial charge in [0, 0.05) is 6.04 Å². The van der Waals surface area contributed by atoms with Crippen LogP contribution in [0.25, 0.3) is 0 Å². The fourth-order valence-electron chi connectivity index (χ4n) is 1.68. The minimum absolute atomic E-state index is 0.126. The monoisotopic (exact) mass is 234 g/mol. The van der Waals surface area contributed by atoms with E-state index in [4.69, 9.17) is 5.11 Å². The maximum atomic E-state index is 11.8. The number of hydrogen-bond donors (Lipinski definition) is 2. The molecule has 0 saturated heterocycles. The molecule has 0 aromatic carbocycles. The zero-order chi connectivity index (χ0) is 12.6. The number of amides is 1.